The first-order chi connectivity index (χ1) is 11.6. The number of rotatable bonds is 7. The molecule has 0 aliphatic carbocycles. The maximum Gasteiger partial charge on any atom is 0.292 e. The number of nitrogens with one attached hydrogen (secondary N) is 1. The number of hydrogen-bond acceptors (Lipinski definition) is 5. The molecular weight excluding hydrogens is 310 g/mol. The van der Waals surface area contributed by atoms with Gasteiger partial charge in [0, 0.05) is 18.2 Å². The molecule has 0 radical (unpaired) electrons. The molecule has 1 amide bonds. The first-order valence-electron chi connectivity index (χ1n) is 7.26. The van der Waals surface area contributed by atoms with Crippen molar-refractivity contribution >= 4 is 11.7 Å². The number of carbonyl (C=O) groups is 2. The average molecular weight is 329 g/mol. The number of ether oxygens (including phenoxy) is 3. The molecule has 2 rings (SSSR count). The van der Waals surface area contributed by atoms with Gasteiger partial charge in [-0.1, -0.05) is 0 Å². The quantitative estimate of drug-likeness (QED) is 0.623. The molecule has 0 unspecified atom stereocenters. The van der Waals surface area contributed by atoms with Gasteiger partial charge >= 0.3 is 0 Å². The van der Waals surface area contributed by atoms with Crippen LogP contribution in [0.2, 0.25) is 0 Å². The van der Waals surface area contributed by atoms with E-state index in [-0.39, 0.29) is 6.54 Å². The van der Waals surface area contributed by atoms with Crippen LogP contribution in [-0.2, 0) is 11.3 Å². The Kier molecular flexibility index (Phi) is 5.78. The fraction of sp³-hybridized carbons (Fsp3) is 0.222. The van der Waals surface area contributed by atoms with Crippen LogP contribution in [0.3, 0.4) is 0 Å². The third-order valence-electron chi connectivity index (χ3n) is 3.42. The van der Waals surface area contributed by atoms with E-state index in [2.05, 4.69) is 5.32 Å². The average Bonchev–Trinajstić information content (AvgIpc) is 2.65. The van der Waals surface area contributed by atoms with E-state index >= 15 is 0 Å². The summed E-state index contributed by atoms with van der Waals surface area (Å²) in [6, 6.07) is 11.6. The van der Waals surface area contributed by atoms with Crippen LogP contribution in [0, 0.1) is 0 Å². The van der Waals surface area contributed by atoms with Gasteiger partial charge in [-0.05, 0) is 42.0 Å². The topological polar surface area (TPSA) is 73.9 Å². The summed E-state index contributed by atoms with van der Waals surface area (Å²) in [6.45, 7) is 0.189. The lowest BCUT2D eigenvalue weighted by atomic mass is 10.1. The van der Waals surface area contributed by atoms with E-state index in [0.29, 0.717) is 22.8 Å². The van der Waals surface area contributed by atoms with E-state index in [1.165, 1.54) is 7.11 Å². The van der Waals surface area contributed by atoms with E-state index in [1.54, 1.807) is 56.7 Å². The van der Waals surface area contributed by atoms with Crippen LogP contribution in [0.5, 0.6) is 17.2 Å². The van der Waals surface area contributed by atoms with Crippen molar-refractivity contribution in [2.24, 2.45) is 0 Å². The second-order valence-corrected chi connectivity index (χ2v) is 4.96. The van der Waals surface area contributed by atoms with Crippen molar-refractivity contribution < 1.29 is 23.8 Å². The molecule has 24 heavy (non-hydrogen) atoms. The maximum atomic E-state index is 12.1. The Labute approximate surface area is 140 Å². The molecule has 0 aromatic heterocycles. The molecule has 6 nitrogen and oxygen atoms in total. The van der Waals surface area contributed by atoms with E-state index in [1.807, 2.05) is 0 Å². The molecule has 1 N–H and O–H groups in total. The maximum absolute atomic E-state index is 12.1. The summed E-state index contributed by atoms with van der Waals surface area (Å²) in [6.07, 6.45) is 0. The van der Waals surface area contributed by atoms with Crippen LogP contribution in [0.15, 0.2) is 42.5 Å². The standard InChI is InChI=1S/C18H19NO5/c1-22-14-6-4-13(5-7-14)17(20)18(21)19-11-12-8-15(23-2)10-16(9-12)24-3/h4-10H,11H2,1-3H3,(H,19,21). The lowest BCUT2D eigenvalue weighted by molar-refractivity contribution is -0.117. The summed E-state index contributed by atoms with van der Waals surface area (Å²) >= 11 is 0. The second-order valence-electron chi connectivity index (χ2n) is 4.96. The SMILES string of the molecule is COc1ccc(C(=O)C(=O)NCc2cc(OC)cc(OC)c2)cc1. The summed E-state index contributed by atoms with van der Waals surface area (Å²) < 4.78 is 15.4. The van der Waals surface area contributed by atoms with Gasteiger partial charge in [-0.2, -0.15) is 0 Å². The smallest absolute Gasteiger partial charge is 0.292 e. The number of Topliss-reactive ketones (excluding diaryl/α,β-unsaturated/α-hetero) is 1. The number of amides is 1. The van der Waals surface area contributed by atoms with Gasteiger partial charge < -0.3 is 19.5 Å². The molecule has 0 fully saturated rings. The monoisotopic (exact) mass is 329 g/mol. The number of ketones is 1. The Balaban J connectivity index is 2.02. The fourth-order valence-corrected chi connectivity index (χ4v) is 2.10. The number of benzene rings is 2. The molecule has 6 heteroatoms. The molecule has 126 valence electrons. The molecule has 0 atom stereocenters. The highest BCUT2D eigenvalue weighted by Crippen LogP contribution is 2.22. The largest absolute Gasteiger partial charge is 0.497 e. The van der Waals surface area contributed by atoms with E-state index < -0.39 is 11.7 Å². The summed E-state index contributed by atoms with van der Waals surface area (Å²) in [5, 5.41) is 2.60. The zero-order valence-corrected chi connectivity index (χ0v) is 13.8. The van der Waals surface area contributed by atoms with Crippen LogP contribution in [-0.4, -0.2) is 33.0 Å². The van der Waals surface area contributed by atoms with Crippen LogP contribution < -0.4 is 19.5 Å². The molecule has 0 spiro atoms. The third-order valence-corrected chi connectivity index (χ3v) is 3.42. The van der Waals surface area contributed by atoms with Crippen molar-refractivity contribution in [2.45, 2.75) is 6.54 Å². The van der Waals surface area contributed by atoms with Gasteiger partial charge in [0.25, 0.3) is 5.91 Å². The summed E-state index contributed by atoms with van der Waals surface area (Å²) in [5.74, 6) is 0.560. The Hall–Kier alpha value is -3.02. The Morgan fingerprint density at radius 2 is 1.38 bits per heavy atom. The molecule has 0 saturated heterocycles. The van der Waals surface area contributed by atoms with Gasteiger partial charge in [-0.25, -0.2) is 0 Å². The van der Waals surface area contributed by atoms with Gasteiger partial charge in [0.15, 0.2) is 0 Å². The summed E-state index contributed by atoms with van der Waals surface area (Å²) in [7, 11) is 4.63. The van der Waals surface area contributed by atoms with Crippen LogP contribution >= 0.6 is 0 Å². The van der Waals surface area contributed by atoms with Gasteiger partial charge in [0.1, 0.15) is 17.2 Å². The van der Waals surface area contributed by atoms with E-state index in [9.17, 15) is 9.59 Å². The minimum absolute atomic E-state index is 0.189. The van der Waals surface area contributed by atoms with Crippen molar-refractivity contribution in [3.05, 3.63) is 53.6 Å². The van der Waals surface area contributed by atoms with Crippen molar-refractivity contribution in [2.75, 3.05) is 21.3 Å². The molecular formula is C18H19NO5. The van der Waals surface area contributed by atoms with Gasteiger partial charge in [0.05, 0.1) is 21.3 Å². The molecule has 0 heterocycles. The molecule has 0 bridgehead atoms. The highest BCUT2D eigenvalue weighted by Gasteiger charge is 2.16. The van der Waals surface area contributed by atoms with Gasteiger partial charge in [-0.15, -0.1) is 0 Å². The normalized spacial score (nSPS) is 9.96. The Morgan fingerprint density at radius 3 is 1.88 bits per heavy atom. The number of carbonyl (C=O) groups excluding carboxylic acids is 2. The van der Waals surface area contributed by atoms with E-state index in [0.717, 1.165) is 5.56 Å². The highest BCUT2D eigenvalue weighted by atomic mass is 16.5. The van der Waals surface area contributed by atoms with Crippen LogP contribution in [0.4, 0.5) is 0 Å². The van der Waals surface area contributed by atoms with E-state index in [4.69, 9.17) is 14.2 Å². The van der Waals surface area contributed by atoms with Gasteiger partial charge in [-0.3, -0.25) is 9.59 Å². The minimum atomic E-state index is -0.679. The lowest BCUT2D eigenvalue weighted by Crippen LogP contribution is -2.30. The Bertz CT molecular complexity index is 702. The predicted molar refractivity (Wildman–Crippen MR) is 88.7 cm³/mol. The van der Waals surface area contributed by atoms with Crippen molar-refractivity contribution in [1.82, 2.24) is 5.32 Å². The van der Waals surface area contributed by atoms with Crippen LogP contribution in [0.1, 0.15) is 15.9 Å². The molecule has 0 aliphatic rings. The molecule has 2 aromatic rings. The summed E-state index contributed by atoms with van der Waals surface area (Å²) in [4.78, 5) is 24.1. The van der Waals surface area contributed by atoms with Crippen molar-refractivity contribution in [3.8, 4) is 17.2 Å². The lowest BCUT2D eigenvalue weighted by Gasteiger charge is -2.09. The predicted octanol–water partition coefficient (Wildman–Crippen LogP) is 2.21. The number of methoxy groups -OCH3 is 3. The fourth-order valence-electron chi connectivity index (χ4n) is 2.10. The zero-order valence-electron chi connectivity index (χ0n) is 13.8. The first-order valence-corrected chi connectivity index (χ1v) is 7.26. The molecule has 0 saturated carbocycles. The number of hydrogen-bond donors (Lipinski definition) is 1. The summed E-state index contributed by atoms with van der Waals surface area (Å²) in [5.41, 5.74) is 1.07. The second kappa shape index (κ2) is 8.01. The highest BCUT2D eigenvalue weighted by molar-refractivity contribution is 6.42. The Morgan fingerprint density at radius 1 is 0.833 bits per heavy atom. The van der Waals surface area contributed by atoms with Crippen molar-refractivity contribution in [1.29, 1.82) is 0 Å². The zero-order chi connectivity index (χ0) is 17.5. The third kappa shape index (κ3) is 4.25. The first kappa shape index (κ1) is 17.3. The van der Waals surface area contributed by atoms with Gasteiger partial charge in [0.2, 0.25) is 5.78 Å². The molecule has 2 aromatic carbocycles. The molecule has 0 aliphatic heterocycles. The van der Waals surface area contributed by atoms with Crippen LogP contribution in [0.25, 0.3) is 0 Å². The minimum Gasteiger partial charge on any atom is -0.497 e. The van der Waals surface area contributed by atoms with Crippen molar-refractivity contribution in [3.63, 3.8) is 0 Å².